The van der Waals surface area contributed by atoms with Gasteiger partial charge in [0.15, 0.2) is 0 Å². The summed E-state index contributed by atoms with van der Waals surface area (Å²) in [6, 6.07) is 21.7. The van der Waals surface area contributed by atoms with Crippen LogP contribution >= 0.6 is 0 Å². The molecule has 222 valence electrons. The molecule has 1 heterocycles. The zero-order valence-corrected chi connectivity index (χ0v) is 23.5. The molecule has 0 atom stereocenters. The molecule has 0 aliphatic heterocycles. The Morgan fingerprint density at radius 2 is 1.60 bits per heavy atom. The van der Waals surface area contributed by atoms with Crippen LogP contribution in [0.4, 0.5) is 18.0 Å². The van der Waals surface area contributed by atoms with Crippen LogP contribution in [0.1, 0.15) is 28.7 Å². The van der Waals surface area contributed by atoms with Crippen LogP contribution in [0.2, 0.25) is 0 Å². The van der Waals surface area contributed by atoms with Gasteiger partial charge in [-0.1, -0.05) is 60.7 Å². The van der Waals surface area contributed by atoms with Crippen molar-refractivity contribution in [2.75, 3.05) is 33.4 Å². The molecule has 42 heavy (non-hydrogen) atoms. The van der Waals surface area contributed by atoms with E-state index in [1.807, 2.05) is 60.8 Å². The van der Waals surface area contributed by atoms with Crippen LogP contribution in [-0.2, 0) is 35.2 Å². The highest BCUT2D eigenvalue weighted by Crippen LogP contribution is 2.29. The fraction of sp³-hybridized carbons (Fsp3) is 0.312. The number of carbonyl (C=O) groups is 2. The highest BCUT2D eigenvalue weighted by molar-refractivity contribution is 5.85. The van der Waals surface area contributed by atoms with E-state index in [1.54, 1.807) is 12.0 Å². The number of H-pyrrole nitrogens is 1. The second-order valence-electron chi connectivity index (χ2n) is 10.0. The maximum atomic E-state index is 13.7. The van der Waals surface area contributed by atoms with Crippen LogP contribution in [0.15, 0.2) is 85.1 Å². The lowest BCUT2D eigenvalue weighted by Crippen LogP contribution is -2.47. The minimum atomic E-state index is -4.45. The summed E-state index contributed by atoms with van der Waals surface area (Å²) >= 11 is 0. The first kappa shape index (κ1) is 30.6. The van der Waals surface area contributed by atoms with Crippen molar-refractivity contribution < 1.29 is 27.5 Å². The van der Waals surface area contributed by atoms with Crippen LogP contribution in [0.3, 0.4) is 0 Å². The maximum absolute atomic E-state index is 13.7. The van der Waals surface area contributed by atoms with Crippen molar-refractivity contribution in [1.82, 2.24) is 20.1 Å². The number of para-hydroxylation sites is 1. The molecule has 10 heteroatoms. The monoisotopic (exact) mass is 580 g/mol. The third-order valence-electron chi connectivity index (χ3n) is 7.01. The normalized spacial score (nSPS) is 11.4. The molecule has 3 amide bonds. The molecular formula is C32H35F3N4O3. The van der Waals surface area contributed by atoms with Gasteiger partial charge >= 0.3 is 12.2 Å². The van der Waals surface area contributed by atoms with E-state index < -0.39 is 11.7 Å². The molecule has 0 saturated carbocycles. The second-order valence-corrected chi connectivity index (χ2v) is 10.0. The van der Waals surface area contributed by atoms with E-state index in [-0.39, 0.29) is 25.0 Å². The number of methoxy groups -OCH3 is 1. The topological polar surface area (TPSA) is 77.7 Å². The lowest BCUT2D eigenvalue weighted by atomic mass is 10.1. The molecule has 0 aliphatic carbocycles. The van der Waals surface area contributed by atoms with Gasteiger partial charge < -0.3 is 24.8 Å². The maximum Gasteiger partial charge on any atom is 0.416 e. The molecule has 1 aromatic heterocycles. The van der Waals surface area contributed by atoms with Crippen molar-refractivity contribution in [2.45, 2.75) is 32.1 Å². The minimum Gasteiger partial charge on any atom is -0.385 e. The molecule has 0 unspecified atom stereocenters. The number of aromatic amines is 1. The molecule has 4 aromatic rings. The Morgan fingerprint density at radius 3 is 2.31 bits per heavy atom. The quantitative estimate of drug-likeness (QED) is 0.190. The predicted molar refractivity (Wildman–Crippen MR) is 156 cm³/mol. The number of fused-ring (bicyclic) bond motifs is 1. The standard InChI is InChI=1S/C32H35F3N4O3/c1-42-19-7-17-39(31(41)37-20-24-8-3-2-4-9-24)23-30(40)38(22-25-12-14-27(15-13-25)32(33,34)35)18-16-26-21-36-29-11-6-5-10-28(26)29/h2-6,8-15,21,36H,7,16-20,22-23H2,1H3,(H,37,41). The van der Waals surface area contributed by atoms with Gasteiger partial charge in [0.1, 0.15) is 6.54 Å². The van der Waals surface area contributed by atoms with Gasteiger partial charge in [0.25, 0.3) is 0 Å². The minimum absolute atomic E-state index is 0.108. The average molecular weight is 581 g/mol. The highest BCUT2D eigenvalue weighted by atomic mass is 19.4. The molecule has 4 rings (SSSR count). The number of halogens is 3. The summed E-state index contributed by atoms with van der Waals surface area (Å²) in [7, 11) is 1.57. The summed E-state index contributed by atoms with van der Waals surface area (Å²) in [5.74, 6) is -0.304. The number of nitrogens with one attached hydrogen (secondary N) is 2. The molecule has 2 N–H and O–H groups in total. The molecule has 3 aromatic carbocycles. The smallest absolute Gasteiger partial charge is 0.385 e. The summed E-state index contributed by atoms with van der Waals surface area (Å²) in [4.78, 5) is 33.1. The highest BCUT2D eigenvalue weighted by Gasteiger charge is 2.30. The number of rotatable bonds is 13. The fourth-order valence-electron chi connectivity index (χ4n) is 4.71. The van der Waals surface area contributed by atoms with Crippen molar-refractivity contribution in [3.63, 3.8) is 0 Å². The predicted octanol–water partition coefficient (Wildman–Crippen LogP) is 6.01. The van der Waals surface area contributed by atoms with Gasteiger partial charge in [-0.25, -0.2) is 4.79 Å². The Kier molecular flexibility index (Phi) is 10.6. The third kappa shape index (κ3) is 8.59. The number of hydrogen-bond donors (Lipinski definition) is 2. The molecular weight excluding hydrogens is 545 g/mol. The number of hydrogen-bond acceptors (Lipinski definition) is 3. The Bertz CT molecular complexity index is 1440. The molecule has 0 aliphatic rings. The molecule has 0 radical (unpaired) electrons. The van der Waals surface area contributed by atoms with E-state index >= 15 is 0 Å². The first-order valence-electron chi connectivity index (χ1n) is 13.8. The molecule has 0 spiro atoms. The lowest BCUT2D eigenvalue weighted by Gasteiger charge is -2.28. The van der Waals surface area contributed by atoms with Crippen LogP contribution < -0.4 is 5.32 Å². The van der Waals surface area contributed by atoms with E-state index in [4.69, 9.17) is 4.74 Å². The summed E-state index contributed by atoms with van der Waals surface area (Å²) < 4.78 is 44.5. The van der Waals surface area contributed by atoms with Crippen LogP contribution in [0, 0.1) is 0 Å². The molecule has 0 saturated heterocycles. The number of nitrogens with zero attached hydrogens (tertiary/aromatic N) is 2. The zero-order chi connectivity index (χ0) is 30.0. The second kappa shape index (κ2) is 14.5. The van der Waals surface area contributed by atoms with Crippen molar-refractivity contribution in [2.24, 2.45) is 0 Å². The van der Waals surface area contributed by atoms with Gasteiger partial charge in [-0.15, -0.1) is 0 Å². The van der Waals surface area contributed by atoms with Gasteiger partial charge in [0, 0.05) is 57.0 Å². The van der Waals surface area contributed by atoms with Crippen molar-refractivity contribution in [3.05, 3.63) is 107 Å². The SMILES string of the molecule is COCCCN(CC(=O)N(CCc1c[nH]c2ccccc12)Cc1ccc(C(F)(F)F)cc1)C(=O)NCc1ccccc1. The Hall–Kier alpha value is -4.31. The number of carbonyl (C=O) groups excluding carboxylic acids is 2. The lowest BCUT2D eigenvalue weighted by molar-refractivity contribution is -0.137. The molecule has 0 bridgehead atoms. The van der Waals surface area contributed by atoms with Gasteiger partial charge in [0.05, 0.1) is 5.56 Å². The van der Waals surface area contributed by atoms with E-state index in [0.717, 1.165) is 34.2 Å². The van der Waals surface area contributed by atoms with E-state index in [0.29, 0.717) is 44.6 Å². The molecule has 0 fully saturated rings. The Balaban J connectivity index is 1.50. The van der Waals surface area contributed by atoms with Crippen molar-refractivity contribution >= 4 is 22.8 Å². The Labute approximate surface area is 243 Å². The van der Waals surface area contributed by atoms with Crippen LogP contribution in [-0.4, -0.2) is 60.1 Å². The third-order valence-corrected chi connectivity index (χ3v) is 7.01. The number of amides is 3. The van der Waals surface area contributed by atoms with Gasteiger partial charge in [-0.2, -0.15) is 13.2 Å². The van der Waals surface area contributed by atoms with Gasteiger partial charge in [-0.05, 0) is 47.7 Å². The first-order valence-corrected chi connectivity index (χ1v) is 13.8. The largest absolute Gasteiger partial charge is 0.416 e. The number of aromatic nitrogens is 1. The Morgan fingerprint density at radius 1 is 0.881 bits per heavy atom. The van der Waals surface area contributed by atoms with Crippen LogP contribution in [0.25, 0.3) is 10.9 Å². The van der Waals surface area contributed by atoms with E-state index in [1.165, 1.54) is 17.0 Å². The zero-order valence-electron chi connectivity index (χ0n) is 23.5. The number of urea groups is 1. The van der Waals surface area contributed by atoms with Gasteiger partial charge in [0.2, 0.25) is 5.91 Å². The molecule has 7 nitrogen and oxygen atoms in total. The van der Waals surface area contributed by atoms with E-state index in [9.17, 15) is 22.8 Å². The average Bonchev–Trinajstić information content (AvgIpc) is 3.41. The number of alkyl halides is 3. The number of benzene rings is 3. The van der Waals surface area contributed by atoms with Crippen LogP contribution in [0.5, 0.6) is 0 Å². The summed E-state index contributed by atoms with van der Waals surface area (Å²) in [5, 5.41) is 3.92. The number of ether oxygens (including phenoxy) is 1. The first-order chi connectivity index (χ1) is 20.2. The summed E-state index contributed by atoms with van der Waals surface area (Å²) in [6.45, 7) is 1.28. The van der Waals surface area contributed by atoms with Gasteiger partial charge in [-0.3, -0.25) is 4.79 Å². The van der Waals surface area contributed by atoms with Crippen molar-refractivity contribution in [3.8, 4) is 0 Å². The van der Waals surface area contributed by atoms with Crippen molar-refractivity contribution in [1.29, 1.82) is 0 Å². The summed E-state index contributed by atoms with van der Waals surface area (Å²) in [5.41, 5.74) is 2.75. The fourth-order valence-corrected chi connectivity index (χ4v) is 4.71. The summed E-state index contributed by atoms with van der Waals surface area (Å²) in [6.07, 6.45) is -1.48. The van der Waals surface area contributed by atoms with E-state index in [2.05, 4.69) is 10.3 Å².